The van der Waals surface area contributed by atoms with Crippen LogP contribution in [0.3, 0.4) is 0 Å². The normalized spacial score (nSPS) is 15.5. The fourth-order valence-electron chi connectivity index (χ4n) is 0.990. The highest BCUT2D eigenvalue weighted by Crippen LogP contribution is 2.09. The van der Waals surface area contributed by atoms with E-state index < -0.39 is 16.0 Å². The van der Waals surface area contributed by atoms with Gasteiger partial charge in [-0.05, 0) is 13.3 Å². The van der Waals surface area contributed by atoms with E-state index in [0.29, 0.717) is 13.0 Å². The highest BCUT2D eigenvalue weighted by Gasteiger charge is 2.26. The Labute approximate surface area is 82.3 Å². The van der Waals surface area contributed by atoms with Gasteiger partial charge in [0, 0.05) is 16.0 Å². The number of ether oxygens (including phenoxy) is 1. The van der Waals surface area contributed by atoms with Crippen LogP contribution in [0.5, 0.6) is 0 Å². The highest BCUT2D eigenvalue weighted by atomic mass is 32.2. The summed E-state index contributed by atoms with van der Waals surface area (Å²) in [7, 11) is -1.12. The number of carbonyl (C=O) groups excluding carboxylic acids is 1. The van der Waals surface area contributed by atoms with E-state index >= 15 is 0 Å². The van der Waals surface area contributed by atoms with E-state index in [9.17, 15) is 9.00 Å². The quantitative estimate of drug-likeness (QED) is 0.640. The first-order valence-electron chi connectivity index (χ1n) is 4.60. The third kappa shape index (κ3) is 3.89. The van der Waals surface area contributed by atoms with Crippen LogP contribution >= 0.6 is 0 Å². The average Bonchev–Trinajstić information content (AvgIpc) is 2.05. The van der Waals surface area contributed by atoms with Crippen molar-refractivity contribution in [1.29, 1.82) is 0 Å². The van der Waals surface area contributed by atoms with Crippen molar-refractivity contribution in [2.75, 3.05) is 6.61 Å². The highest BCUT2D eigenvalue weighted by molar-refractivity contribution is 7.87. The van der Waals surface area contributed by atoms with Gasteiger partial charge in [-0.25, -0.2) is 0 Å². The Hall–Kier alpha value is -0.380. The Morgan fingerprint density at radius 2 is 1.92 bits per heavy atom. The van der Waals surface area contributed by atoms with E-state index in [4.69, 9.17) is 4.74 Å². The summed E-state index contributed by atoms with van der Waals surface area (Å²) in [6.07, 6.45) is 0.573. The van der Waals surface area contributed by atoms with Gasteiger partial charge in [-0.1, -0.05) is 20.8 Å². The maximum atomic E-state index is 11.6. The second kappa shape index (κ2) is 6.13. The fraction of sp³-hybridized carbons (Fsp3) is 0.889. The van der Waals surface area contributed by atoms with E-state index in [1.165, 1.54) is 0 Å². The molecule has 0 aliphatic heterocycles. The smallest absolute Gasteiger partial charge is 0.321 e. The van der Waals surface area contributed by atoms with Gasteiger partial charge in [0.2, 0.25) is 0 Å². The molecule has 0 fully saturated rings. The van der Waals surface area contributed by atoms with Gasteiger partial charge in [0.05, 0.1) is 6.61 Å². The van der Waals surface area contributed by atoms with Crippen LogP contribution in [0.1, 0.15) is 34.1 Å². The Kier molecular flexibility index (Phi) is 5.95. The average molecular weight is 206 g/mol. The molecule has 0 radical (unpaired) electrons. The van der Waals surface area contributed by atoms with Crippen LogP contribution in [0.15, 0.2) is 0 Å². The van der Waals surface area contributed by atoms with Gasteiger partial charge in [-0.15, -0.1) is 0 Å². The summed E-state index contributed by atoms with van der Waals surface area (Å²) >= 11 is 0. The summed E-state index contributed by atoms with van der Waals surface area (Å²) in [6.45, 7) is 7.64. The lowest BCUT2D eigenvalue weighted by molar-refractivity contribution is -0.142. The first-order valence-corrected chi connectivity index (χ1v) is 5.88. The summed E-state index contributed by atoms with van der Waals surface area (Å²) < 4.78 is 16.4. The summed E-state index contributed by atoms with van der Waals surface area (Å²) in [5.74, 6) is -0.336. The molecule has 0 N–H and O–H groups in total. The molecule has 3 nitrogen and oxygen atoms in total. The van der Waals surface area contributed by atoms with E-state index in [-0.39, 0.29) is 11.2 Å². The van der Waals surface area contributed by atoms with E-state index in [2.05, 4.69) is 0 Å². The maximum Gasteiger partial charge on any atom is 0.321 e. The number of hydrogen-bond acceptors (Lipinski definition) is 3. The van der Waals surface area contributed by atoms with Crippen molar-refractivity contribution in [2.45, 2.75) is 44.6 Å². The Morgan fingerprint density at radius 1 is 1.38 bits per heavy atom. The zero-order valence-electron chi connectivity index (χ0n) is 8.70. The second-order valence-electron chi connectivity index (χ2n) is 3.03. The lowest BCUT2D eigenvalue weighted by Crippen LogP contribution is -2.31. The Morgan fingerprint density at radius 3 is 2.23 bits per heavy atom. The van der Waals surface area contributed by atoms with Crippen LogP contribution in [-0.4, -0.2) is 27.3 Å². The zero-order valence-corrected chi connectivity index (χ0v) is 9.52. The number of hydrogen-bond donors (Lipinski definition) is 0. The van der Waals surface area contributed by atoms with Crippen LogP contribution in [-0.2, 0) is 20.3 Å². The van der Waals surface area contributed by atoms with Crippen molar-refractivity contribution in [2.24, 2.45) is 0 Å². The molecule has 0 aliphatic rings. The standard InChI is InChI=1S/C9H18O3S/c1-5-8(9(10)12-6-2)13(11)7(3)4/h7-8H,5-6H2,1-4H3. The summed E-state index contributed by atoms with van der Waals surface area (Å²) in [4.78, 5) is 11.3. The summed E-state index contributed by atoms with van der Waals surface area (Å²) in [5, 5.41) is -0.450. The molecule has 0 aromatic carbocycles. The SMILES string of the molecule is CCOC(=O)C(CC)S(=O)C(C)C. The molecule has 0 bridgehead atoms. The second-order valence-corrected chi connectivity index (χ2v) is 5.20. The number of esters is 1. The minimum Gasteiger partial charge on any atom is -0.465 e. The molecule has 0 aliphatic carbocycles. The molecule has 78 valence electrons. The van der Waals surface area contributed by atoms with Gasteiger partial charge in [-0.2, -0.15) is 0 Å². The summed E-state index contributed by atoms with van der Waals surface area (Å²) in [6, 6.07) is 0. The predicted molar refractivity (Wildman–Crippen MR) is 54.0 cm³/mol. The van der Waals surface area contributed by atoms with Gasteiger partial charge < -0.3 is 4.74 Å². The largest absolute Gasteiger partial charge is 0.465 e. The Balaban J connectivity index is 4.32. The number of rotatable bonds is 5. The molecule has 0 saturated carbocycles. The van der Waals surface area contributed by atoms with Gasteiger partial charge in [-0.3, -0.25) is 9.00 Å². The molecule has 0 saturated heterocycles. The van der Waals surface area contributed by atoms with Crippen molar-refractivity contribution in [3.63, 3.8) is 0 Å². The molecule has 0 heterocycles. The van der Waals surface area contributed by atoms with Crippen molar-refractivity contribution < 1.29 is 13.7 Å². The van der Waals surface area contributed by atoms with Crippen molar-refractivity contribution in [1.82, 2.24) is 0 Å². The van der Waals surface area contributed by atoms with Crippen LogP contribution < -0.4 is 0 Å². The third-order valence-corrected chi connectivity index (χ3v) is 3.68. The molecular formula is C9H18O3S. The van der Waals surface area contributed by atoms with E-state index in [1.807, 2.05) is 20.8 Å². The molecule has 0 rings (SSSR count). The van der Waals surface area contributed by atoms with Crippen LogP contribution in [0.25, 0.3) is 0 Å². The maximum absolute atomic E-state index is 11.6. The van der Waals surface area contributed by atoms with Crippen molar-refractivity contribution in [3.05, 3.63) is 0 Å². The van der Waals surface area contributed by atoms with Crippen LogP contribution in [0.4, 0.5) is 0 Å². The topological polar surface area (TPSA) is 43.4 Å². The molecular weight excluding hydrogens is 188 g/mol. The van der Waals surface area contributed by atoms with Gasteiger partial charge in [0.25, 0.3) is 0 Å². The van der Waals surface area contributed by atoms with Crippen molar-refractivity contribution in [3.8, 4) is 0 Å². The van der Waals surface area contributed by atoms with Crippen LogP contribution in [0.2, 0.25) is 0 Å². The Bertz CT molecular complexity index is 189. The lowest BCUT2D eigenvalue weighted by Gasteiger charge is -2.15. The van der Waals surface area contributed by atoms with E-state index in [0.717, 1.165) is 0 Å². The van der Waals surface area contributed by atoms with Crippen molar-refractivity contribution >= 4 is 16.8 Å². The molecule has 4 heteroatoms. The zero-order chi connectivity index (χ0) is 10.4. The minimum absolute atomic E-state index is 0.00866. The van der Waals surface area contributed by atoms with Gasteiger partial charge >= 0.3 is 5.97 Å². The molecule has 0 aromatic heterocycles. The predicted octanol–water partition coefficient (Wildman–Crippen LogP) is 1.49. The molecule has 0 aromatic rings. The first kappa shape index (κ1) is 12.6. The van der Waals surface area contributed by atoms with Gasteiger partial charge in [0.15, 0.2) is 0 Å². The van der Waals surface area contributed by atoms with Gasteiger partial charge in [0.1, 0.15) is 5.25 Å². The molecule has 0 amide bonds. The third-order valence-electron chi connectivity index (χ3n) is 1.67. The molecule has 2 atom stereocenters. The lowest BCUT2D eigenvalue weighted by atomic mass is 10.3. The number of carbonyl (C=O) groups is 1. The fourth-order valence-corrected chi connectivity index (χ4v) is 2.23. The molecule has 13 heavy (non-hydrogen) atoms. The minimum atomic E-state index is -1.12. The monoisotopic (exact) mass is 206 g/mol. The van der Waals surface area contributed by atoms with Crippen LogP contribution in [0, 0.1) is 0 Å². The molecule has 2 unspecified atom stereocenters. The van der Waals surface area contributed by atoms with E-state index in [1.54, 1.807) is 6.92 Å². The first-order chi connectivity index (χ1) is 6.04. The summed E-state index contributed by atoms with van der Waals surface area (Å²) in [5.41, 5.74) is 0. The molecule has 0 spiro atoms.